The van der Waals surface area contributed by atoms with Gasteiger partial charge in [0.15, 0.2) is 5.75 Å². The molecule has 7 heteroatoms. The van der Waals surface area contributed by atoms with Crippen molar-refractivity contribution in [2.45, 2.75) is 13.1 Å². The summed E-state index contributed by atoms with van der Waals surface area (Å²) >= 11 is 0. The summed E-state index contributed by atoms with van der Waals surface area (Å²) in [4.78, 5) is 1.30. The molecule has 0 atom stereocenters. The predicted molar refractivity (Wildman–Crippen MR) is 95.7 cm³/mol. The van der Waals surface area contributed by atoms with Crippen LogP contribution in [0, 0.1) is 6.92 Å². The number of aryl methyl sites for hydroxylation is 1. The van der Waals surface area contributed by atoms with Crippen molar-refractivity contribution in [2.75, 3.05) is 0 Å². The second kappa shape index (κ2) is 6.12. The zero-order chi connectivity index (χ0) is 19.2. The zero-order valence-electron chi connectivity index (χ0n) is 14.2. The number of alkyl halides is 3. The zero-order valence-corrected chi connectivity index (χ0v) is 14.2. The van der Waals surface area contributed by atoms with Gasteiger partial charge in [-0.05, 0) is 54.4 Å². The lowest BCUT2D eigenvalue weighted by Gasteiger charge is -2.13. The number of hydrogen-bond donors (Lipinski definition) is 1. The molecule has 27 heavy (non-hydrogen) atoms. The third kappa shape index (κ3) is 3.12. The van der Waals surface area contributed by atoms with E-state index < -0.39 is 11.7 Å². The maximum absolute atomic E-state index is 13.0. The summed E-state index contributed by atoms with van der Waals surface area (Å²) in [6.45, 7) is 1.79. The van der Waals surface area contributed by atoms with E-state index in [0.717, 1.165) is 17.7 Å². The largest absolute Gasteiger partial charge is 0.505 e. The number of nitrogens with zero attached hydrogens (tertiary/aromatic N) is 3. The van der Waals surface area contributed by atoms with Gasteiger partial charge in [0.2, 0.25) is 0 Å². The van der Waals surface area contributed by atoms with Crippen LogP contribution in [-0.4, -0.2) is 20.1 Å². The number of rotatable bonds is 2. The second-order valence-electron chi connectivity index (χ2n) is 6.24. The lowest BCUT2D eigenvalue weighted by Crippen LogP contribution is -2.05. The monoisotopic (exact) mass is 369 g/mol. The molecular formula is C20H14F3N3O. The summed E-state index contributed by atoms with van der Waals surface area (Å²) in [6.07, 6.45) is -4.46. The molecule has 0 unspecified atom stereocenters. The molecule has 0 saturated heterocycles. The van der Waals surface area contributed by atoms with Crippen molar-refractivity contribution < 1.29 is 18.3 Å². The van der Waals surface area contributed by atoms with Crippen molar-refractivity contribution in [3.63, 3.8) is 0 Å². The summed E-state index contributed by atoms with van der Waals surface area (Å²) in [7, 11) is 0. The predicted octanol–water partition coefficient (Wildman–Crippen LogP) is 5.12. The highest BCUT2D eigenvalue weighted by atomic mass is 19.4. The summed E-state index contributed by atoms with van der Waals surface area (Å²) in [5.41, 5.74) is 2.15. The molecule has 1 N–H and O–H groups in total. The van der Waals surface area contributed by atoms with Gasteiger partial charge in [-0.25, -0.2) is 0 Å². The van der Waals surface area contributed by atoms with Crippen molar-refractivity contribution in [3.8, 4) is 22.6 Å². The molecule has 136 valence electrons. The van der Waals surface area contributed by atoms with Crippen LogP contribution in [0.2, 0.25) is 0 Å². The van der Waals surface area contributed by atoms with E-state index in [0.29, 0.717) is 16.7 Å². The first-order valence-electron chi connectivity index (χ1n) is 8.16. The Balaban J connectivity index is 1.89. The van der Waals surface area contributed by atoms with Gasteiger partial charge in [-0.1, -0.05) is 24.3 Å². The first-order valence-corrected chi connectivity index (χ1v) is 8.16. The molecule has 0 bridgehead atoms. The fourth-order valence-corrected chi connectivity index (χ4v) is 2.96. The van der Waals surface area contributed by atoms with E-state index in [1.54, 1.807) is 31.2 Å². The number of aromatic nitrogens is 3. The van der Waals surface area contributed by atoms with E-state index in [9.17, 15) is 18.3 Å². The molecule has 1 heterocycles. The Morgan fingerprint density at radius 2 is 1.56 bits per heavy atom. The van der Waals surface area contributed by atoms with Gasteiger partial charge in [0.05, 0.1) is 5.56 Å². The number of phenols is 1. The number of aromatic hydroxyl groups is 1. The fraction of sp³-hybridized carbons (Fsp3) is 0.100. The smallest absolute Gasteiger partial charge is 0.416 e. The van der Waals surface area contributed by atoms with Crippen LogP contribution in [0.5, 0.6) is 5.75 Å². The maximum Gasteiger partial charge on any atom is 0.416 e. The minimum absolute atomic E-state index is 0.180. The number of hydrogen-bond acceptors (Lipinski definition) is 3. The molecule has 0 saturated carbocycles. The van der Waals surface area contributed by atoms with Crippen LogP contribution in [0.1, 0.15) is 11.1 Å². The summed E-state index contributed by atoms with van der Waals surface area (Å²) in [6, 6.07) is 15.4. The maximum atomic E-state index is 13.0. The Kier molecular flexibility index (Phi) is 3.87. The minimum atomic E-state index is -4.46. The highest BCUT2D eigenvalue weighted by molar-refractivity contribution is 5.77. The Hall–Kier alpha value is -3.35. The van der Waals surface area contributed by atoms with E-state index >= 15 is 0 Å². The molecule has 0 fully saturated rings. The van der Waals surface area contributed by atoms with Crippen molar-refractivity contribution in [1.29, 1.82) is 0 Å². The van der Waals surface area contributed by atoms with E-state index in [-0.39, 0.29) is 16.9 Å². The van der Waals surface area contributed by atoms with Gasteiger partial charge in [0.25, 0.3) is 0 Å². The van der Waals surface area contributed by atoms with Gasteiger partial charge in [0.1, 0.15) is 16.7 Å². The third-order valence-electron chi connectivity index (χ3n) is 4.24. The van der Waals surface area contributed by atoms with Crippen LogP contribution in [-0.2, 0) is 6.18 Å². The van der Waals surface area contributed by atoms with Gasteiger partial charge in [-0.2, -0.15) is 13.2 Å². The minimum Gasteiger partial charge on any atom is -0.505 e. The molecule has 0 radical (unpaired) electrons. The Labute approximate surface area is 152 Å². The highest BCUT2D eigenvalue weighted by Crippen LogP contribution is 2.38. The average molecular weight is 369 g/mol. The van der Waals surface area contributed by atoms with Gasteiger partial charge in [-0.3, -0.25) is 0 Å². The first-order chi connectivity index (χ1) is 12.8. The van der Waals surface area contributed by atoms with Crippen molar-refractivity contribution >= 4 is 11.0 Å². The molecule has 0 amide bonds. The molecule has 4 nitrogen and oxygen atoms in total. The fourth-order valence-electron chi connectivity index (χ4n) is 2.96. The van der Waals surface area contributed by atoms with Crippen LogP contribution >= 0.6 is 0 Å². The van der Waals surface area contributed by atoms with Crippen molar-refractivity contribution in [1.82, 2.24) is 15.0 Å². The summed E-state index contributed by atoms with van der Waals surface area (Å²) in [5, 5.41) is 19.4. The Bertz CT molecular complexity index is 1120. The lowest BCUT2D eigenvalue weighted by molar-refractivity contribution is -0.137. The second-order valence-corrected chi connectivity index (χ2v) is 6.24. The SMILES string of the molecule is Cc1cc(-c2cccc(C(F)(F)F)c2)c(O)c(-n2nc3ccccc3n2)c1. The standard InChI is InChI=1S/C20H14F3N3O/c1-12-9-15(13-5-4-6-14(11-13)20(21,22)23)19(27)18(10-12)26-24-16-7-2-3-8-17(16)25-26/h2-11,27H,1H3. The van der Waals surface area contributed by atoms with E-state index in [1.165, 1.54) is 16.9 Å². The van der Waals surface area contributed by atoms with Crippen LogP contribution in [0.25, 0.3) is 27.8 Å². The third-order valence-corrected chi connectivity index (χ3v) is 4.24. The lowest BCUT2D eigenvalue weighted by atomic mass is 9.99. The van der Waals surface area contributed by atoms with E-state index in [2.05, 4.69) is 10.2 Å². The Morgan fingerprint density at radius 1 is 0.889 bits per heavy atom. The quantitative estimate of drug-likeness (QED) is 0.534. The van der Waals surface area contributed by atoms with Crippen LogP contribution < -0.4 is 0 Å². The van der Waals surface area contributed by atoms with Crippen LogP contribution in [0.4, 0.5) is 13.2 Å². The molecular weight excluding hydrogens is 355 g/mol. The Morgan fingerprint density at radius 3 is 2.19 bits per heavy atom. The summed E-state index contributed by atoms with van der Waals surface area (Å²) < 4.78 is 39.1. The van der Waals surface area contributed by atoms with E-state index in [1.807, 2.05) is 12.1 Å². The number of phenolic OH excluding ortho intramolecular Hbond substituents is 1. The first kappa shape index (κ1) is 17.1. The van der Waals surface area contributed by atoms with Crippen molar-refractivity contribution in [2.24, 2.45) is 0 Å². The van der Waals surface area contributed by atoms with Crippen LogP contribution in [0.3, 0.4) is 0 Å². The summed E-state index contributed by atoms with van der Waals surface area (Å²) in [5.74, 6) is -0.180. The molecule has 1 aromatic heterocycles. The van der Waals surface area contributed by atoms with E-state index in [4.69, 9.17) is 0 Å². The molecule has 4 aromatic rings. The topological polar surface area (TPSA) is 50.9 Å². The van der Waals surface area contributed by atoms with Gasteiger partial charge >= 0.3 is 6.18 Å². The molecule has 3 aromatic carbocycles. The number of halogens is 3. The van der Waals surface area contributed by atoms with Crippen LogP contribution in [0.15, 0.2) is 60.7 Å². The van der Waals surface area contributed by atoms with Gasteiger partial charge in [-0.15, -0.1) is 15.0 Å². The molecule has 0 aliphatic rings. The average Bonchev–Trinajstić information content (AvgIpc) is 3.06. The normalized spacial score (nSPS) is 11.9. The number of benzene rings is 3. The van der Waals surface area contributed by atoms with Gasteiger partial charge < -0.3 is 5.11 Å². The highest BCUT2D eigenvalue weighted by Gasteiger charge is 2.30. The molecule has 0 aliphatic heterocycles. The molecule has 0 spiro atoms. The van der Waals surface area contributed by atoms with Crippen molar-refractivity contribution in [3.05, 3.63) is 71.8 Å². The molecule has 0 aliphatic carbocycles. The molecule has 4 rings (SSSR count). The van der Waals surface area contributed by atoms with Gasteiger partial charge in [0, 0.05) is 5.56 Å². The number of fused-ring (bicyclic) bond motifs is 1.